The predicted molar refractivity (Wildman–Crippen MR) is 63.7 cm³/mol. The number of halogens is 1. The standard InChI is InChI=1S/C11H12ClN3O/c1-7(2)15-9(6-14-11(15)16)8-3-4-13-10(12)5-8/h3-7H,1-2H3,(H,14,16). The first kappa shape index (κ1) is 11.0. The Morgan fingerprint density at radius 1 is 1.50 bits per heavy atom. The molecule has 2 aromatic rings. The molecule has 0 amide bonds. The average molecular weight is 238 g/mol. The van der Waals surface area contributed by atoms with Crippen molar-refractivity contribution in [2.45, 2.75) is 19.9 Å². The lowest BCUT2D eigenvalue weighted by molar-refractivity contribution is 0.586. The zero-order valence-corrected chi connectivity index (χ0v) is 9.82. The summed E-state index contributed by atoms with van der Waals surface area (Å²) in [6.07, 6.45) is 3.31. The summed E-state index contributed by atoms with van der Waals surface area (Å²) in [5.74, 6) is 0. The van der Waals surface area contributed by atoms with Crippen LogP contribution < -0.4 is 5.69 Å². The van der Waals surface area contributed by atoms with Gasteiger partial charge in [-0.3, -0.25) is 4.57 Å². The van der Waals surface area contributed by atoms with E-state index in [2.05, 4.69) is 9.97 Å². The van der Waals surface area contributed by atoms with Gasteiger partial charge in [-0.1, -0.05) is 11.6 Å². The van der Waals surface area contributed by atoms with Gasteiger partial charge in [0.2, 0.25) is 0 Å². The van der Waals surface area contributed by atoms with Crippen molar-refractivity contribution in [3.05, 3.63) is 40.2 Å². The lowest BCUT2D eigenvalue weighted by Crippen LogP contribution is -2.19. The molecule has 0 unspecified atom stereocenters. The number of nitrogens with zero attached hydrogens (tertiary/aromatic N) is 2. The molecular formula is C11H12ClN3O. The molecule has 0 aliphatic rings. The van der Waals surface area contributed by atoms with Crippen LogP contribution in [0.15, 0.2) is 29.3 Å². The molecular weight excluding hydrogens is 226 g/mol. The van der Waals surface area contributed by atoms with Crippen molar-refractivity contribution in [3.63, 3.8) is 0 Å². The first-order valence-corrected chi connectivity index (χ1v) is 5.39. The topological polar surface area (TPSA) is 50.7 Å². The largest absolute Gasteiger partial charge is 0.326 e. The molecule has 0 aliphatic heterocycles. The molecule has 0 spiro atoms. The van der Waals surface area contributed by atoms with Gasteiger partial charge in [0.25, 0.3) is 0 Å². The fourth-order valence-electron chi connectivity index (χ4n) is 1.68. The maximum absolute atomic E-state index is 11.6. The van der Waals surface area contributed by atoms with Crippen LogP contribution in [0.5, 0.6) is 0 Å². The lowest BCUT2D eigenvalue weighted by Gasteiger charge is -2.10. The summed E-state index contributed by atoms with van der Waals surface area (Å²) in [4.78, 5) is 18.2. The monoisotopic (exact) mass is 237 g/mol. The quantitative estimate of drug-likeness (QED) is 0.816. The number of rotatable bonds is 2. The highest BCUT2D eigenvalue weighted by Crippen LogP contribution is 2.21. The molecule has 84 valence electrons. The number of nitrogens with one attached hydrogen (secondary N) is 1. The van der Waals surface area contributed by atoms with E-state index >= 15 is 0 Å². The molecule has 0 radical (unpaired) electrons. The molecule has 2 aromatic heterocycles. The molecule has 2 rings (SSSR count). The van der Waals surface area contributed by atoms with E-state index in [4.69, 9.17) is 11.6 Å². The summed E-state index contributed by atoms with van der Waals surface area (Å²) in [6.45, 7) is 3.92. The SMILES string of the molecule is CC(C)n1c(-c2ccnc(Cl)c2)c[nH]c1=O. The lowest BCUT2D eigenvalue weighted by atomic mass is 10.2. The van der Waals surface area contributed by atoms with Crippen molar-refractivity contribution >= 4 is 11.6 Å². The zero-order valence-electron chi connectivity index (χ0n) is 9.07. The van der Waals surface area contributed by atoms with Gasteiger partial charge in [0.05, 0.1) is 5.69 Å². The van der Waals surface area contributed by atoms with E-state index in [1.165, 1.54) is 0 Å². The van der Waals surface area contributed by atoms with E-state index in [1.54, 1.807) is 23.0 Å². The summed E-state index contributed by atoms with van der Waals surface area (Å²) in [5, 5.41) is 0.418. The second-order valence-corrected chi connectivity index (χ2v) is 4.20. The van der Waals surface area contributed by atoms with Crippen LogP contribution in [0.3, 0.4) is 0 Å². The maximum Gasteiger partial charge on any atom is 0.326 e. The third-order valence-corrected chi connectivity index (χ3v) is 2.56. The number of aromatic nitrogens is 3. The van der Waals surface area contributed by atoms with E-state index in [0.717, 1.165) is 11.3 Å². The smallest absolute Gasteiger partial charge is 0.312 e. The Morgan fingerprint density at radius 3 is 2.88 bits per heavy atom. The molecule has 0 saturated carbocycles. The van der Waals surface area contributed by atoms with E-state index in [1.807, 2.05) is 19.9 Å². The Morgan fingerprint density at radius 2 is 2.25 bits per heavy atom. The van der Waals surface area contributed by atoms with E-state index in [-0.39, 0.29) is 11.7 Å². The fourth-order valence-corrected chi connectivity index (χ4v) is 1.85. The molecule has 5 heteroatoms. The molecule has 1 N–H and O–H groups in total. The normalized spacial score (nSPS) is 11.0. The summed E-state index contributed by atoms with van der Waals surface area (Å²) in [6, 6.07) is 3.66. The van der Waals surface area contributed by atoms with Crippen molar-refractivity contribution in [2.24, 2.45) is 0 Å². The second kappa shape index (κ2) is 4.14. The summed E-state index contributed by atoms with van der Waals surface area (Å²) in [5.41, 5.74) is 1.59. The Bertz CT molecular complexity index is 556. The molecule has 0 aliphatic carbocycles. The van der Waals surface area contributed by atoms with Crippen molar-refractivity contribution in [1.29, 1.82) is 0 Å². The minimum atomic E-state index is -0.113. The highest BCUT2D eigenvalue weighted by Gasteiger charge is 2.11. The first-order chi connectivity index (χ1) is 7.59. The van der Waals surface area contributed by atoms with Crippen LogP contribution in [0, 0.1) is 0 Å². The predicted octanol–water partition coefficient (Wildman–Crippen LogP) is 2.47. The number of imidazole rings is 1. The van der Waals surface area contributed by atoms with Gasteiger partial charge in [-0.05, 0) is 26.0 Å². The van der Waals surface area contributed by atoms with Crippen LogP contribution in [-0.4, -0.2) is 14.5 Å². The minimum absolute atomic E-state index is 0.0979. The van der Waals surface area contributed by atoms with Crippen molar-refractivity contribution in [1.82, 2.24) is 14.5 Å². The van der Waals surface area contributed by atoms with Gasteiger partial charge in [-0.25, -0.2) is 9.78 Å². The minimum Gasteiger partial charge on any atom is -0.312 e. The number of pyridine rings is 1. The second-order valence-electron chi connectivity index (χ2n) is 3.81. The summed E-state index contributed by atoms with van der Waals surface area (Å²) >= 11 is 5.82. The average Bonchev–Trinajstić information content (AvgIpc) is 2.60. The molecule has 0 saturated heterocycles. The van der Waals surface area contributed by atoms with Gasteiger partial charge < -0.3 is 4.98 Å². The third kappa shape index (κ3) is 1.88. The van der Waals surface area contributed by atoms with Crippen LogP contribution in [0.2, 0.25) is 5.15 Å². The molecule has 0 aromatic carbocycles. The van der Waals surface area contributed by atoms with E-state index in [9.17, 15) is 4.79 Å². The molecule has 0 bridgehead atoms. The number of hydrogen-bond acceptors (Lipinski definition) is 2. The fraction of sp³-hybridized carbons (Fsp3) is 0.273. The summed E-state index contributed by atoms with van der Waals surface area (Å²) in [7, 11) is 0. The zero-order chi connectivity index (χ0) is 11.7. The van der Waals surface area contributed by atoms with E-state index < -0.39 is 0 Å². The van der Waals surface area contributed by atoms with Crippen LogP contribution >= 0.6 is 11.6 Å². The van der Waals surface area contributed by atoms with Gasteiger partial charge >= 0.3 is 5.69 Å². The molecule has 4 nitrogen and oxygen atoms in total. The molecule has 2 heterocycles. The third-order valence-electron chi connectivity index (χ3n) is 2.35. The Hall–Kier alpha value is -1.55. The van der Waals surface area contributed by atoms with Gasteiger partial charge in [0.15, 0.2) is 0 Å². The van der Waals surface area contributed by atoms with Crippen LogP contribution in [-0.2, 0) is 0 Å². The van der Waals surface area contributed by atoms with Crippen molar-refractivity contribution in [3.8, 4) is 11.3 Å². The van der Waals surface area contributed by atoms with Gasteiger partial charge in [0, 0.05) is 24.0 Å². The van der Waals surface area contributed by atoms with Gasteiger partial charge in [0.1, 0.15) is 5.15 Å². The van der Waals surface area contributed by atoms with E-state index in [0.29, 0.717) is 5.15 Å². The first-order valence-electron chi connectivity index (χ1n) is 5.01. The highest BCUT2D eigenvalue weighted by atomic mass is 35.5. The summed E-state index contributed by atoms with van der Waals surface area (Å²) < 4.78 is 1.69. The van der Waals surface area contributed by atoms with Gasteiger partial charge in [-0.2, -0.15) is 0 Å². The van der Waals surface area contributed by atoms with Crippen LogP contribution in [0.4, 0.5) is 0 Å². The molecule has 16 heavy (non-hydrogen) atoms. The Labute approximate surface area is 97.9 Å². The van der Waals surface area contributed by atoms with Crippen LogP contribution in [0.25, 0.3) is 11.3 Å². The maximum atomic E-state index is 11.6. The number of hydrogen-bond donors (Lipinski definition) is 1. The number of aromatic amines is 1. The van der Waals surface area contributed by atoms with Gasteiger partial charge in [-0.15, -0.1) is 0 Å². The van der Waals surface area contributed by atoms with Crippen LogP contribution in [0.1, 0.15) is 19.9 Å². The molecule has 0 atom stereocenters. The Balaban J connectivity index is 2.61. The molecule has 0 fully saturated rings. The van der Waals surface area contributed by atoms with Crippen molar-refractivity contribution in [2.75, 3.05) is 0 Å². The highest BCUT2D eigenvalue weighted by molar-refractivity contribution is 6.29. The number of H-pyrrole nitrogens is 1. The van der Waals surface area contributed by atoms with Crippen molar-refractivity contribution < 1.29 is 0 Å². The Kier molecular flexibility index (Phi) is 2.83.